The number of likely N-dealkylation sites (tertiary alicyclic amines) is 1. The van der Waals surface area contributed by atoms with Crippen molar-refractivity contribution in [2.45, 2.75) is 39.7 Å². The third kappa shape index (κ3) is 5.33. The molecule has 0 aromatic heterocycles. The Labute approximate surface area is 129 Å². The van der Waals surface area contributed by atoms with Crippen LogP contribution in [0.4, 0.5) is 0 Å². The Bertz CT molecular complexity index is 402. The first-order chi connectivity index (χ1) is 10.2. The summed E-state index contributed by atoms with van der Waals surface area (Å²) in [5.74, 6) is 2.67. The van der Waals surface area contributed by atoms with Gasteiger partial charge in [-0.1, -0.05) is 26.0 Å². The zero-order chi connectivity index (χ0) is 15.1. The molecule has 0 bridgehead atoms. The van der Waals surface area contributed by atoms with Gasteiger partial charge in [0.1, 0.15) is 12.4 Å². The van der Waals surface area contributed by atoms with E-state index >= 15 is 0 Å². The molecule has 21 heavy (non-hydrogen) atoms. The molecule has 0 amide bonds. The third-order valence-corrected chi connectivity index (χ3v) is 4.64. The van der Waals surface area contributed by atoms with Gasteiger partial charge < -0.3 is 10.5 Å². The first kappa shape index (κ1) is 16.3. The number of ether oxygens (including phenoxy) is 1. The summed E-state index contributed by atoms with van der Waals surface area (Å²) in [7, 11) is 0. The smallest absolute Gasteiger partial charge is 0.119 e. The Morgan fingerprint density at radius 3 is 2.62 bits per heavy atom. The average molecular weight is 290 g/mol. The molecule has 1 aromatic carbocycles. The van der Waals surface area contributed by atoms with Crippen molar-refractivity contribution in [1.29, 1.82) is 0 Å². The molecule has 0 aliphatic carbocycles. The van der Waals surface area contributed by atoms with E-state index in [0.29, 0.717) is 6.54 Å². The molecule has 1 aromatic rings. The number of hydrogen-bond donors (Lipinski definition) is 1. The minimum absolute atomic E-state index is 0.588. The van der Waals surface area contributed by atoms with Gasteiger partial charge in [0.2, 0.25) is 0 Å². The highest BCUT2D eigenvalue weighted by Crippen LogP contribution is 2.24. The van der Waals surface area contributed by atoms with E-state index in [2.05, 4.69) is 18.7 Å². The van der Waals surface area contributed by atoms with Crippen molar-refractivity contribution in [3.63, 3.8) is 0 Å². The predicted molar refractivity (Wildman–Crippen MR) is 88.4 cm³/mol. The van der Waals surface area contributed by atoms with E-state index < -0.39 is 0 Å². The molecule has 1 aliphatic heterocycles. The number of benzene rings is 1. The van der Waals surface area contributed by atoms with Crippen LogP contribution in [0.2, 0.25) is 0 Å². The molecule has 118 valence electrons. The fraction of sp³-hybridized carbons (Fsp3) is 0.667. The fourth-order valence-corrected chi connectivity index (χ4v) is 3.09. The maximum absolute atomic E-state index is 5.84. The number of rotatable bonds is 6. The molecule has 3 heteroatoms. The van der Waals surface area contributed by atoms with Crippen molar-refractivity contribution >= 4 is 0 Å². The van der Waals surface area contributed by atoms with Crippen LogP contribution in [0.1, 0.15) is 38.7 Å². The summed E-state index contributed by atoms with van der Waals surface area (Å²) in [5, 5.41) is 0. The van der Waals surface area contributed by atoms with Crippen LogP contribution < -0.4 is 10.5 Å². The van der Waals surface area contributed by atoms with Crippen LogP contribution in [0.25, 0.3) is 0 Å². The molecule has 1 fully saturated rings. The molecule has 1 saturated heterocycles. The van der Waals surface area contributed by atoms with Gasteiger partial charge in [-0.2, -0.15) is 0 Å². The molecule has 1 unspecified atom stereocenters. The zero-order valence-corrected chi connectivity index (χ0v) is 13.6. The Hall–Kier alpha value is -1.06. The van der Waals surface area contributed by atoms with Gasteiger partial charge in [-0.15, -0.1) is 0 Å². The van der Waals surface area contributed by atoms with E-state index in [1.165, 1.54) is 32.4 Å². The highest BCUT2D eigenvalue weighted by molar-refractivity contribution is 5.27. The van der Waals surface area contributed by atoms with Crippen LogP contribution in [0.15, 0.2) is 24.3 Å². The Morgan fingerprint density at radius 2 is 1.95 bits per heavy atom. The molecule has 0 radical (unpaired) electrons. The number of nitrogens with two attached hydrogens (primary N) is 1. The van der Waals surface area contributed by atoms with Crippen LogP contribution in [0, 0.1) is 11.8 Å². The van der Waals surface area contributed by atoms with Crippen LogP contribution in [-0.4, -0.2) is 31.1 Å². The first-order valence-electron chi connectivity index (χ1n) is 8.33. The van der Waals surface area contributed by atoms with Gasteiger partial charge in [0, 0.05) is 13.1 Å². The van der Waals surface area contributed by atoms with E-state index in [0.717, 1.165) is 36.3 Å². The molecular formula is C18H30N2O. The van der Waals surface area contributed by atoms with Crippen molar-refractivity contribution in [3.8, 4) is 5.75 Å². The Balaban J connectivity index is 1.70. The quantitative estimate of drug-likeness (QED) is 0.874. The van der Waals surface area contributed by atoms with Crippen LogP contribution in [0.5, 0.6) is 5.75 Å². The summed E-state index contributed by atoms with van der Waals surface area (Å²) in [6.45, 7) is 9.54. The largest absolute Gasteiger partial charge is 0.492 e. The van der Waals surface area contributed by atoms with Gasteiger partial charge in [0.25, 0.3) is 0 Å². The van der Waals surface area contributed by atoms with Crippen molar-refractivity contribution in [3.05, 3.63) is 29.8 Å². The zero-order valence-electron chi connectivity index (χ0n) is 13.6. The third-order valence-electron chi connectivity index (χ3n) is 4.64. The maximum atomic E-state index is 5.84. The second-order valence-corrected chi connectivity index (χ2v) is 6.47. The molecule has 2 rings (SSSR count). The Kier molecular flexibility index (Phi) is 6.52. The highest BCUT2D eigenvalue weighted by atomic mass is 16.5. The van der Waals surface area contributed by atoms with Crippen LogP contribution in [0.3, 0.4) is 0 Å². The van der Waals surface area contributed by atoms with Crippen LogP contribution >= 0.6 is 0 Å². The number of hydrogen-bond acceptors (Lipinski definition) is 3. The van der Waals surface area contributed by atoms with Crippen LogP contribution in [-0.2, 0) is 6.54 Å². The standard InChI is InChI=1S/C18H30N2O/c1-15(2)17-4-3-10-20(11-9-17)12-13-21-18-7-5-16(14-19)6-8-18/h5-8,15,17H,3-4,9-14,19H2,1-2H3. The van der Waals surface area contributed by atoms with Gasteiger partial charge in [-0.25, -0.2) is 0 Å². The molecule has 1 aliphatic rings. The normalized spacial score (nSPS) is 20.5. The molecule has 3 nitrogen and oxygen atoms in total. The monoisotopic (exact) mass is 290 g/mol. The van der Waals surface area contributed by atoms with Gasteiger partial charge in [-0.3, -0.25) is 4.90 Å². The number of nitrogens with zero attached hydrogens (tertiary/aromatic N) is 1. The molecule has 0 spiro atoms. The lowest BCUT2D eigenvalue weighted by atomic mass is 9.89. The van der Waals surface area contributed by atoms with Crippen molar-refractivity contribution in [2.24, 2.45) is 17.6 Å². The SMILES string of the molecule is CC(C)C1CCCN(CCOc2ccc(CN)cc2)CC1. The van der Waals surface area contributed by atoms with E-state index in [4.69, 9.17) is 10.5 Å². The lowest BCUT2D eigenvalue weighted by Crippen LogP contribution is -2.29. The summed E-state index contributed by atoms with van der Waals surface area (Å²) in [6.07, 6.45) is 4.05. The summed E-state index contributed by atoms with van der Waals surface area (Å²) in [4.78, 5) is 2.55. The Morgan fingerprint density at radius 1 is 1.19 bits per heavy atom. The van der Waals surface area contributed by atoms with E-state index in [1.807, 2.05) is 24.3 Å². The lowest BCUT2D eigenvalue weighted by Gasteiger charge is -2.21. The highest BCUT2D eigenvalue weighted by Gasteiger charge is 2.19. The minimum Gasteiger partial charge on any atom is -0.492 e. The van der Waals surface area contributed by atoms with Gasteiger partial charge in [-0.05, 0) is 61.9 Å². The molecule has 1 atom stereocenters. The van der Waals surface area contributed by atoms with Gasteiger partial charge in [0.05, 0.1) is 0 Å². The van der Waals surface area contributed by atoms with Gasteiger partial charge >= 0.3 is 0 Å². The van der Waals surface area contributed by atoms with E-state index in [9.17, 15) is 0 Å². The predicted octanol–water partition coefficient (Wildman–Crippen LogP) is 3.28. The average Bonchev–Trinajstić information content (AvgIpc) is 2.74. The molecule has 1 heterocycles. The minimum atomic E-state index is 0.588. The topological polar surface area (TPSA) is 38.5 Å². The summed E-state index contributed by atoms with van der Waals surface area (Å²) in [6, 6.07) is 8.10. The second-order valence-electron chi connectivity index (χ2n) is 6.47. The first-order valence-corrected chi connectivity index (χ1v) is 8.33. The fourth-order valence-electron chi connectivity index (χ4n) is 3.09. The molecule has 2 N–H and O–H groups in total. The van der Waals surface area contributed by atoms with E-state index in [1.54, 1.807) is 0 Å². The van der Waals surface area contributed by atoms with Crippen molar-refractivity contribution in [2.75, 3.05) is 26.2 Å². The summed E-state index contributed by atoms with van der Waals surface area (Å²) >= 11 is 0. The van der Waals surface area contributed by atoms with Crippen molar-refractivity contribution in [1.82, 2.24) is 4.90 Å². The second kappa shape index (κ2) is 8.40. The van der Waals surface area contributed by atoms with Crippen molar-refractivity contribution < 1.29 is 4.74 Å². The summed E-state index contributed by atoms with van der Waals surface area (Å²) < 4.78 is 5.84. The lowest BCUT2D eigenvalue weighted by molar-refractivity contribution is 0.210. The molecule has 0 saturated carbocycles. The van der Waals surface area contributed by atoms with E-state index in [-0.39, 0.29) is 0 Å². The maximum Gasteiger partial charge on any atom is 0.119 e. The summed E-state index contributed by atoms with van der Waals surface area (Å²) in [5.41, 5.74) is 6.74. The molecular weight excluding hydrogens is 260 g/mol. The van der Waals surface area contributed by atoms with Gasteiger partial charge in [0.15, 0.2) is 0 Å².